The molecule has 0 aromatic carbocycles. The molecule has 2 saturated carbocycles. The van der Waals surface area contributed by atoms with E-state index in [1.54, 1.807) is 0 Å². The fourth-order valence-corrected chi connectivity index (χ4v) is 3.81. The Hall–Kier alpha value is -0.450. The predicted molar refractivity (Wildman–Crippen MR) is 71.9 cm³/mol. The van der Waals surface area contributed by atoms with Gasteiger partial charge in [0, 0.05) is 30.0 Å². The van der Waals surface area contributed by atoms with Crippen LogP contribution in [-0.2, 0) is 11.3 Å². The van der Waals surface area contributed by atoms with E-state index in [1.165, 1.54) is 47.7 Å². The number of rotatable bonds is 5. The first-order valence-electron chi connectivity index (χ1n) is 7.24. The van der Waals surface area contributed by atoms with Gasteiger partial charge in [-0.2, -0.15) is 0 Å². The van der Waals surface area contributed by atoms with Gasteiger partial charge in [0.2, 0.25) is 0 Å². The lowest BCUT2D eigenvalue weighted by Gasteiger charge is -2.03. The zero-order chi connectivity index (χ0) is 11.9. The molecule has 1 aromatic rings. The minimum Gasteiger partial charge on any atom is -0.371 e. The Kier molecular flexibility index (Phi) is 2.90. The second-order valence-corrected chi connectivity index (χ2v) is 6.91. The van der Waals surface area contributed by atoms with E-state index in [1.807, 2.05) is 11.3 Å². The summed E-state index contributed by atoms with van der Waals surface area (Å²) in [7, 11) is 0. The maximum Gasteiger partial charge on any atom is 0.122 e. The van der Waals surface area contributed by atoms with Crippen LogP contribution in [0.2, 0.25) is 0 Å². The van der Waals surface area contributed by atoms with Crippen LogP contribution < -0.4 is 5.32 Å². The molecule has 3 nitrogen and oxygen atoms in total. The van der Waals surface area contributed by atoms with Crippen molar-refractivity contribution in [1.82, 2.24) is 10.3 Å². The fourth-order valence-electron chi connectivity index (χ4n) is 2.62. The van der Waals surface area contributed by atoms with Crippen molar-refractivity contribution in [2.24, 2.45) is 0 Å². The van der Waals surface area contributed by atoms with E-state index in [2.05, 4.69) is 5.32 Å². The summed E-state index contributed by atoms with van der Waals surface area (Å²) in [6.07, 6.45) is 8.04. The summed E-state index contributed by atoms with van der Waals surface area (Å²) in [5.74, 6) is 0.757. The first kappa shape index (κ1) is 11.4. The van der Waals surface area contributed by atoms with Crippen LogP contribution in [-0.4, -0.2) is 17.6 Å². The molecule has 2 aliphatic carbocycles. The predicted octanol–water partition coefficient (Wildman–Crippen LogP) is 3.12. The van der Waals surface area contributed by atoms with E-state index < -0.39 is 0 Å². The molecule has 3 aliphatic rings. The average molecular weight is 264 g/mol. The van der Waals surface area contributed by atoms with Gasteiger partial charge in [0.15, 0.2) is 0 Å². The first-order valence-corrected chi connectivity index (χ1v) is 8.06. The zero-order valence-corrected chi connectivity index (χ0v) is 11.5. The van der Waals surface area contributed by atoms with Crippen molar-refractivity contribution < 1.29 is 4.74 Å². The third kappa shape index (κ3) is 2.33. The second-order valence-electron chi connectivity index (χ2n) is 5.79. The minimum atomic E-state index is 0.294. The molecule has 0 radical (unpaired) electrons. The van der Waals surface area contributed by atoms with Crippen molar-refractivity contribution in [2.75, 3.05) is 6.61 Å². The Labute approximate surface area is 112 Å². The number of nitrogens with one attached hydrogen (secondary N) is 1. The lowest BCUT2D eigenvalue weighted by molar-refractivity contribution is 0.111. The largest absolute Gasteiger partial charge is 0.371 e. The Morgan fingerprint density at radius 2 is 2.11 bits per heavy atom. The van der Waals surface area contributed by atoms with E-state index in [4.69, 9.17) is 9.72 Å². The molecular weight excluding hydrogens is 244 g/mol. The lowest BCUT2D eigenvalue weighted by Crippen LogP contribution is -2.15. The number of nitrogens with zero attached hydrogens (tertiary/aromatic N) is 1. The summed E-state index contributed by atoms with van der Waals surface area (Å²) in [4.78, 5) is 6.39. The van der Waals surface area contributed by atoms with Gasteiger partial charge in [0.1, 0.15) is 11.1 Å². The molecule has 1 N–H and O–H groups in total. The highest BCUT2D eigenvalue weighted by molar-refractivity contribution is 7.11. The van der Waals surface area contributed by atoms with Crippen molar-refractivity contribution in [3.05, 3.63) is 15.6 Å². The molecule has 1 unspecified atom stereocenters. The molecule has 98 valence electrons. The number of aromatic nitrogens is 1. The smallest absolute Gasteiger partial charge is 0.122 e. The maximum absolute atomic E-state index is 5.77. The minimum absolute atomic E-state index is 0.294. The summed E-state index contributed by atoms with van der Waals surface area (Å²) in [5.41, 5.74) is 1.39. The highest BCUT2D eigenvalue weighted by Gasteiger charge is 2.32. The van der Waals surface area contributed by atoms with Crippen molar-refractivity contribution in [3.8, 4) is 0 Å². The standard InChI is InChI=1S/C14H20N2OS/c1-2-11(17-7-1)14-16-13(9-3-4-9)12(18-14)8-15-10-5-6-10/h9-11,15H,1-8H2. The van der Waals surface area contributed by atoms with Crippen molar-refractivity contribution in [3.63, 3.8) is 0 Å². The number of hydrogen-bond acceptors (Lipinski definition) is 4. The molecule has 0 bridgehead atoms. The molecule has 4 rings (SSSR count). The van der Waals surface area contributed by atoms with E-state index in [0.29, 0.717) is 6.10 Å². The summed E-state index contributed by atoms with van der Waals surface area (Å²) in [5, 5.41) is 4.87. The van der Waals surface area contributed by atoms with Gasteiger partial charge in [-0.1, -0.05) is 0 Å². The van der Waals surface area contributed by atoms with Crippen LogP contribution in [0.5, 0.6) is 0 Å². The topological polar surface area (TPSA) is 34.1 Å². The monoisotopic (exact) mass is 264 g/mol. The molecule has 2 heterocycles. The SMILES string of the molecule is C1COC(c2nc(C3CC3)c(CNC3CC3)s2)C1. The third-order valence-electron chi connectivity index (χ3n) is 4.04. The Bertz CT molecular complexity index is 431. The van der Waals surface area contributed by atoms with Crippen LogP contribution in [0.25, 0.3) is 0 Å². The lowest BCUT2D eigenvalue weighted by atomic mass is 10.2. The third-order valence-corrected chi connectivity index (χ3v) is 5.21. The van der Waals surface area contributed by atoms with Gasteiger partial charge in [-0.25, -0.2) is 4.98 Å². The van der Waals surface area contributed by atoms with Crippen molar-refractivity contribution in [1.29, 1.82) is 0 Å². The molecule has 1 aromatic heterocycles. The van der Waals surface area contributed by atoms with Gasteiger partial charge >= 0.3 is 0 Å². The van der Waals surface area contributed by atoms with Crippen LogP contribution in [0.4, 0.5) is 0 Å². The van der Waals surface area contributed by atoms with Crippen LogP contribution in [0, 0.1) is 0 Å². The molecule has 3 fully saturated rings. The Balaban J connectivity index is 1.53. The molecular formula is C14H20N2OS. The molecule has 1 saturated heterocycles. The average Bonchev–Trinajstić information content (AvgIpc) is 3.30. The number of thiazole rings is 1. The van der Waals surface area contributed by atoms with Crippen LogP contribution in [0.1, 0.15) is 66.1 Å². The van der Waals surface area contributed by atoms with Gasteiger partial charge in [-0.05, 0) is 38.5 Å². The normalized spacial score (nSPS) is 27.9. The van der Waals surface area contributed by atoms with E-state index in [-0.39, 0.29) is 0 Å². The highest BCUT2D eigenvalue weighted by Crippen LogP contribution is 2.44. The Morgan fingerprint density at radius 1 is 1.22 bits per heavy atom. The first-order chi connectivity index (χ1) is 8.90. The molecule has 1 aliphatic heterocycles. The van der Waals surface area contributed by atoms with Crippen molar-refractivity contribution in [2.45, 2.75) is 63.1 Å². The summed E-state index contributed by atoms with van der Waals surface area (Å²) in [6, 6.07) is 0.783. The van der Waals surface area contributed by atoms with E-state index in [9.17, 15) is 0 Å². The highest BCUT2D eigenvalue weighted by atomic mass is 32.1. The van der Waals surface area contributed by atoms with Gasteiger partial charge in [-0.3, -0.25) is 0 Å². The number of ether oxygens (including phenoxy) is 1. The maximum atomic E-state index is 5.77. The van der Waals surface area contributed by atoms with Gasteiger partial charge in [0.25, 0.3) is 0 Å². The van der Waals surface area contributed by atoms with Gasteiger partial charge in [-0.15, -0.1) is 11.3 Å². The number of hydrogen-bond donors (Lipinski definition) is 1. The second kappa shape index (κ2) is 4.58. The van der Waals surface area contributed by atoms with Crippen LogP contribution in [0.15, 0.2) is 0 Å². The fraction of sp³-hybridized carbons (Fsp3) is 0.786. The summed E-state index contributed by atoms with van der Waals surface area (Å²) >= 11 is 1.90. The molecule has 0 spiro atoms. The van der Waals surface area contributed by atoms with E-state index in [0.717, 1.165) is 31.5 Å². The van der Waals surface area contributed by atoms with Crippen molar-refractivity contribution >= 4 is 11.3 Å². The zero-order valence-electron chi connectivity index (χ0n) is 10.7. The van der Waals surface area contributed by atoms with Crippen LogP contribution >= 0.6 is 11.3 Å². The van der Waals surface area contributed by atoms with E-state index >= 15 is 0 Å². The molecule has 4 heteroatoms. The quantitative estimate of drug-likeness (QED) is 0.887. The molecule has 1 atom stereocenters. The summed E-state index contributed by atoms with van der Waals surface area (Å²) in [6.45, 7) is 1.94. The van der Waals surface area contributed by atoms with Gasteiger partial charge in [0.05, 0.1) is 5.69 Å². The van der Waals surface area contributed by atoms with Crippen LogP contribution in [0.3, 0.4) is 0 Å². The molecule has 18 heavy (non-hydrogen) atoms. The molecule has 0 amide bonds. The Morgan fingerprint density at radius 3 is 2.78 bits per heavy atom. The van der Waals surface area contributed by atoms with Gasteiger partial charge < -0.3 is 10.1 Å². The summed E-state index contributed by atoms with van der Waals surface area (Å²) < 4.78 is 5.77.